The summed E-state index contributed by atoms with van der Waals surface area (Å²) in [5.74, 6) is 1.66. The Morgan fingerprint density at radius 2 is 1.96 bits per heavy atom. The molecule has 2 unspecified atom stereocenters. The minimum Gasteiger partial charge on any atom is -0.326 e. The summed E-state index contributed by atoms with van der Waals surface area (Å²) < 4.78 is 0.271. The highest BCUT2D eigenvalue weighted by Gasteiger charge is 2.57. The third kappa shape index (κ3) is 3.43. The highest BCUT2D eigenvalue weighted by molar-refractivity contribution is 9.10. The molecule has 6 rings (SSSR count). The number of hydrogen-bond donors (Lipinski definition) is 2. The third-order valence-corrected chi connectivity index (χ3v) is 7.70. The number of nitrogens with zero attached hydrogens (tertiary/aromatic N) is 1. The molecule has 0 spiro atoms. The van der Waals surface area contributed by atoms with Crippen molar-refractivity contribution < 1.29 is 4.79 Å². The Morgan fingerprint density at radius 3 is 2.64 bits per heavy atom. The van der Waals surface area contributed by atoms with Crippen LogP contribution in [0.1, 0.15) is 44.9 Å². The quantitative estimate of drug-likeness (QED) is 0.685. The highest BCUT2D eigenvalue weighted by atomic mass is 79.9. The maximum Gasteiger partial charge on any atom is 0.264 e. The summed E-state index contributed by atoms with van der Waals surface area (Å²) in [6, 6.07) is 10.8. The van der Waals surface area contributed by atoms with Crippen LogP contribution >= 0.6 is 15.9 Å². The summed E-state index contributed by atoms with van der Waals surface area (Å²) in [5, 5.41) is 9.62. The second-order valence-corrected chi connectivity index (χ2v) is 10.9. The van der Waals surface area contributed by atoms with Crippen molar-refractivity contribution in [2.45, 2.75) is 49.3 Å². The average molecular weight is 442 g/mol. The Balaban J connectivity index is 1.31. The molecule has 6 heteroatoms. The Morgan fingerprint density at radius 1 is 1.18 bits per heavy atom. The molecule has 5 nitrogen and oxygen atoms in total. The second kappa shape index (κ2) is 6.55. The number of rotatable bonds is 4. The van der Waals surface area contributed by atoms with Gasteiger partial charge in [-0.2, -0.15) is 5.10 Å². The number of amides is 1. The van der Waals surface area contributed by atoms with Crippen molar-refractivity contribution in [3.63, 3.8) is 0 Å². The summed E-state index contributed by atoms with van der Waals surface area (Å²) in [6.07, 6.45) is 8.04. The number of aromatic nitrogens is 2. The molecule has 1 amide bonds. The average Bonchev–Trinajstić information content (AvgIpc) is 2.59. The van der Waals surface area contributed by atoms with Crippen molar-refractivity contribution in [2.75, 3.05) is 5.32 Å². The number of hydrogen-bond acceptors (Lipinski definition) is 3. The Bertz CT molecular complexity index is 951. The third-order valence-electron chi connectivity index (χ3n) is 6.77. The number of anilines is 1. The Kier molecular flexibility index (Phi) is 4.23. The van der Waals surface area contributed by atoms with Crippen LogP contribution in [-0.2, 0) is 4.79 Å². The van der Waals surface area contributed by atoms with Gasteiger partial charge in [0.15, 0.2) is 0 Å². The van der Waals surface area contributed by atoms with Gasteiger partial charge in [0.2, 0.25) is 5.91 Å². The van der Waals surface area contributed by atoms with E-state index in [1.54, 1.807) is 6.07 Å². The number of benzene rings is 1. The van der Waals surface area contributed by atoms with E-state index in [9.17, 15) is 9.59 Å². The summed E-state index contributed by atoms with van der Waals surface area (Å²) in [6.45, 7) is 0. The molecule has 0 radical (unpaired) electrons. The molecule has 4 aliphatic rings. The standard InChI is InChI=1S/C22H24BrN3O2/c23-22-10-14-6-15(11-22)9-21(8-14,13-22)12-20(28)24-17-3-1-2-16(7-17)18-4-5-19(27)26-25-18/h1-5,7,14-15H,6,8-13H2,(H,24,28)(H,26,27). The van der Waals surface area contributed by atoms with Crippen molar-refractivity contribution in [1.29, 1.82) is 0 Å². The maximum atomic E-state index is 12.9. The van der Waals surface area contributed by atoms with E-state index in [1.165, 1.54) is 38.2 Å². The van der Waals surface area contributed by atoms with E-state index in [0.29, 0.717) is 12.1 Å². The summed E-state index contributed by atoms with van der Waals surface area (Å²) in [7, 11) is 0. The lowest BCUT2D eigenvalue weighted by Crippen LogP contribution is -2.53. The first kappa shape index (κ1) is 18.1. The molecule has 1 aromatic heterocycles. The minimum atomic E-state index is -0.228. The molecule has 1 aromatic carbocycles. The van der Waals surface area contributed by atoms with Crippen LogP contribution in [0.15, 0.2) is 41.2 Å². The number of alkyl halides is 1. The number of nitrogens with one attached hydrogen (secondary N) is 2. The molecule has 2 atom stereocenters. The fourth-order valence-electron chi connectivity index (χ4n) is 6.35. The molecule has 4 saturated carbocycles. The molecular weight excluding hydrogens is 418 g/mol. The van der Waals surface area contributed by atoms with Gasteiger partial charge in [-0.05, 0) is 74.0 Å². The van der Waals surface area contributed by atoms with Gasteiger partial charge < -0.3 is 5.32 Å². The molecule has 4 fully saturated rings. The van der Waals surface area contributed by atoms with Gasteiger partial charge in [-0.3, -0.25) is 9.59 Å². The molecule has 28 heavy (non-hydrogen) atoms. The van der Waals surface area contributed by atoms with E-state index < -0.39 is 0 Å². The van der Waals surface area contributed by atoms with Crippen LogP contribution in [0.2, 0.25) is 0 Å². The van der Waals surface area contributed by atoms with E-state index in [4.69, 9.17) is 0 Å². The Hall–Kier alpha value is -1.95. The summed E-state index contributed by atoms with van der Waals surface area (Å²) in [4.78, 5) is 24.1. The van der Waals surface area contributed by atoms with E-state index in [-0.39, 0.29) is 21.2 Å². The molecule has 0 saturated heterocycles. The molecule has 2 aromatic rings. The number of H-pyrrole nitrogens is 1. The second-order valence-electron chi connectivity index (χ2n) is 9.22. The largest absolute Gasteiger partial charge is 0.326 e. The van der Waals surface area contributed by atoms with Gasteiger partial charge in [0.1, 0.15) is 0 Å². The zero-order valence-corrected chi connectivity index (χ0v) is 17.3. The molecule has 1 heterocycles. The van der Waals surface area contributed by atoms with Gasteiger partial charge in [0.25, 0.3) is 5.56 Å². The van der Waals surface area contributed by atoms with Crippen LogP contribution in [0, 0.1) is 17.3 Å². The topological polar surface area (TPSA) is 74.8 Å². The fraction of sp³-hybridized carbons (Fsp3) is 0.500. The number of carbonyl (C=O) groups is 1. The monoisotopic (exact) mass is 441 g/mol. The van der Waals surface area contributed by atoms with Crippen LogP contribution in [-0.4, -0.2) is 20.4 Å². The smallest absolute Gasteiger partial charge is 0.264 e. The van der Waals surface area contributed by atoms with Crippen molar-refractivity contribution >= 4 is 27.5 Å². The first-order valence-corrected chi connectivity index (χ1v) is 10.8. The van der Waals surface area contributed by atoms with Crippen molar-refractivity contribution in [2.24, 2.45) is 17.3 Å². The Labute approximate surface area is 172 Å². The van der Waals surface area contributed by atoms with E-state index >= 15 is 0 Å². The van der Waals surface area contributed by atoms with Crippen LogP contribution in [0.4, 0.5) is 5.69 Å². The van der Waals surface area contributed by atoms with Crippen LogP contribution < -0.4 is 10.9 Å². The fourth-order valence-corrected chi connectivity index (χ4v) is 7.86. The first-order valence-electron chi connectivity index (χ1n) is 10.1. The van der Waals surface area contributed by atoms with Gasteiger partial charge in [-0.25, -0.2) is 5.10 Å². The highest BCUT2D eigenvalue weighted by Crippen LogP contribution is 2.65. The molecule has 4 aliphatic carbocycles. The van der Waals surface area contributed by atoms with E-state index in [1.807, 2.05) is 24.3 Å². The SMILES string of the molecule is O=C(CC12CC3CC(CC(Br)(C3)C1)C2)Nc1cccc(-c2ccc(=O)[nH]n2)c1. The van der Waals surface area contributed by atoms with E-state index in [2.05, 4.69) is 31.4 Å². The number of carbonyl (C=O) groups excluding carboxylic acids is 1. The minimum absolute atomic E-state index is 0.102. The lowest BCUT2D eigenvalue weighted by atomic mass is 9.48. The normalized spacial score (nSPS) is 33.0. The zero-order valence-electron chi connectivity index (χ0n) is 15.7. The molecule has 4 bridgehead atoms. The van der Waals surface area contributed by atoms with Crippen LogP contribution in [0.5, 0.6) is 0 Å². The molecule has 146 valence electrons. The zero-order chi connectivity index (χ0) is 19.4. The van der Waals surface area contributed by atoms with Crippen molar-refractivity contribution in [3.05, 3.63) is 46.8 Å². The predicted octanol–water partition coefficient (Wildman–Crippen LogP) is 4.50. The van der Waals surface area contributed by atoms with Crippen LogP contribution in [0.25, 0.3) is 11.3 Å². The van der Waals surface area contributed by atoms with Crippen LogP contribution in [0.3, 0.4) is 0 Å². The molecule has 0 aliphatic heterocycles. The number of aromatic amines is 1. The van der Waals surface area contributed by atoms with Gasteiger partial charge in [-0.15, -0.1) is 0 Å². The predicted molar refractivity (Wildman–Crippen MR) is 112 cm³/mol. The first-order chi connectivity index (χ1) is 13.4. The molecule has 2 N–H and O–H groups in total. The van der Waals surface area contributed by atoms with E-state index in [0.717, 1.165) is 29.5 Å². The lowest BCUT2D eigenvalue weighted by Gasteiger charge is -2.60. The van der Waals surface area contributed by atoms with Crippen molar-refractivity contribution in [3.8, 4) is 11.3 Å². The van der Waals surface area contributed by atoms with Gasteiger partial charge in [0, 0.05) is 28.1 Å². The van der Waals surface area contributed by atoms with Gasteiger partial charge in [0.05, 0.1) is 5.69 Å². The maximum absolute atomic E-state index is 12.9. The van der Waals surface area contributed by atoms with Gasteiger partial charge in [-0.1, -0.05) is 28.1 Å². The van der Waals surface area contributed by atoms with Crippen molar-refractivity contribution in [1.82, 2.24) is 10.2 Å². The number of halogens is 1. The summed E-state index contributed by atoms with van der Waals surface area (Å²) >= 11 is 4.03. The van der Waals surface area contributed by atoms with Gasteiger partial charge >= 0.3 is 0 Å². The summed E-state index contributed by atoms with van der Waals surface area (Å²) in [5.41, 5.74) is 2.25. The molecular formula is C22H24BrN3O2. The lowest BCUT2D eigenvalue weighted by molar-refractivity contribution is -0.123.